The summed E-state index contributed by atoms with van der Waals surface area (Å²) in [5, 5.41) is 5.15. The van der Waals surface area contributed by atoms with Crippen molar-refractivity contribution in [3.63, 3.8) is 0 Å². The van der Waals surface area contributed by atoms with Crippen molar-refractivity contribution in [1.29, 1.82) is 0 Å². The SMILES string of the molecule is O=C1c2ccccc2NC(c2ccccc2I)N1Nc1ccccc1. The lowest BCUT2D eigenvalue weighted by Crippen LogP contribution is -2.46. The average molecular weight is 441 g/mol. The van der Waals surface area contributed by atoms with Crippen molar-refractivity contribution in [2.45, 2.75) is 6.17 Å². The number of hydrogen-bond donors (Lipinski definition) is 2. The van der Waals surface area contributed by atoms with Crippen molar-refractivity contribution >= 4 is 39.9 Å². The highest BCUT2D eigenvalue weighted by molar-refractivity contribution is 14.1. The van der Waals surface area contributed by atoms with Gasteiger partial charge in [-0.05, 0) is 52.9 Å². The third-order valence-corrected chi connectivity index (χ3v) is 5.13. The van der Waals surface area contributed by atoms with Crippen LogP contribution in [-0.2, 0) is 0 Å². The predicted molar refractivity (Wildman–Crippen MR) is 108 cm³/mol. The summed E-state index contributed by atoms with van der Waals surface area (Å²) in [5.74, 6) is -0.0529. The van der Waals surface area contributed by atoms with Crippen LogP contribution in [0.15, 0.2) is 78.9 Å². The third-order valence-electron chi connectivity index (χ3n) is 4.15. The van der Waals surface area contributed by atoms with E-state index in [0.29, 0.717) is 5.56 Å². The fourth-order valence-corrected chi connectivity index (χ4v) is 3.62. The number of benzene rings is 3. The monoisotopic (exact) mass is 441 g/mol. The fraction of sp³-hybridized carbons (Fsp3) is 0.0500. The van der Waals surface area contributed by atoms with Gasteiger partial charge in [0.2, 0.25) is 0 Å². The minimum atomic E-state index is -0.296. The van der Waals surface area contributed by atoms with Crippen LogP contribution in [-0.4, -0.2) is 10.9 Å². The van der Waals surface area contributed by atoms with Crippen LogP contribution in [0.4, 0.5) is 11.4 Å². The first-order valence-corrected chi connectivity index (χ1v) is 9.07. The average Bonchev–Trinajstić information content (AvgIpc) is 2.65. The lowest BCUT2D eigenvalue weighted by molar-refractivity contribution is 0.0732. The topological polar surface area (TPSA) is 44.4 Å². The molecule has 0 aliphatic carbocycles. The van der Waals surface area contributed by atoms with Crippen LogP contribution < -0.4 is 10.7 Å². The zero-order chi connectivity index (χ0) is 17.2. The largest absolute Gasteiger partial charge is 0.359 e. The molecule has 1 aliphatic rings. The van der Waals surface area contributed by atoms with Crippen molar-refractivity contribution in [2.75, 3.05) is 10.7 Å². The van der Waals surface area contributed by atoms with Crippen LogP contribution in [0.25, 0.3) is 0 Å². The molecule has 0 bridgehead atoms. The Morgan fingerprint density at radius 2 is 1.56 bits per heavy atom. The molecule has 1 amide bonds. The summed E-state index contributed by atoms with van der Waals surface area (Å²) in [6.07, 6.45) is -0.296. The van der Waals surface area contributed by atoms with Crippen LogP contribution in [0.2, 0.25) is 0 Å². The summed E-state index contributed by atoms with van der Waals surface area (Å²) in [6.45, 7) is 0. The Hall–Kier alpha value is -2.54. The molecule has 0 aromatic heterocycles. The van der Waals surface area contributed by atoms with Crippen molar-refractivity contribution in [3.05, 3.63) is 93.6 Å². The van der Waals surface area contributed by atoms with E-state index in [0.717, 1.165) is 20.5 Å². The molecule has 1 atom stereocenters. The number of nitrogens with zero attached hydrogens (tertiary/aromatic N) is 1. The van der Waals surface area contributed by atoms with Gasteiger partial charge in [0.25, 0.3) is 5.91 Å². The molecule has 124 valence electrons. The number of para-hydroxylation sites is 2. The molecule has 0 saturated heterocycles. The van der Waals surface area contributed by atoms with Gasteiger partial charge in [0.05, 0.1) is 11.3 Å². The molecular formula is C20H16IN3O. The van der Waals surface area contributed by atoms with Gasteiger partial charge in [-0.1, -0.05) is 48.5 Å². The van der Waals surface area contributed by atoms with Crippen LogP contribution in [0.1, 0.15) is 22.1 Å². The molecular weight excluding hydrogens is 425 g/mol. The summed E-state index contributed by atoms with van der Waals surface area (Å²) in [7, 11) is 0. The van der Waals surface area contributed by atoms with Gasteiger partial charge in [0, 0.05) is 14.8 Å². The van der Waals surface area contributed by atoms with Crippen LogP contribution in [0, 0.1) is 3.57 Å². The highest BCUT2D eigenvalue weighted by Gasteiger charge is 2.34. The van der Waals surface area contributed by atoms with Gasteiger partial charge in [-0.3, -0.25) is 10.2 Å². The zero-order valence-electron chi connectivity index (χ0n) is 13.3. The maximum absolute atomic E-state index is 13.1. The summed E-state index contributed by atoms with van der Waals surface area (Å²) in [6, 6.07) is 25.4. The molecule has 1 heterocycles. The van der Waals surface area contributed by atoms with E-state index >= 15 is 0 Å². The van der Waals surface area contributed by atoms with Crippen molar-refractivity contribution in [2.24, 2.45) is 0 Å². The molecule has 4 nitrogen and oxygen atoms in total. The molecule has 0 radical (unpaired) electrons. The fourth-order valence-electron chi connectivity index (χ4n) is 2.94. The number of anilines is 2. The molecule has 4 rings (SSSR count). The smallest absolute Gasteiger partial charge is 0.276 e. The molecule has 0 fully saturated rings. The Kier molecular flexibility index (Phi) is 4.31. The van der Waals surface area contributed by atoms with Gasteiger partial charge in [0.1, 0.15) is 6.17 Å². The third kappa shape index (κ3) is 3.07. The number of carbonyl (C=O) groups is 1. The minimum Gasteiger partial charge on any atom is -0.359 e. The molecule has 2 N–H and O–H groups in total. The van der Waals surface area contributed by atoms with E-state index in [2.05, 4.69) is 33.3 Å². The van der Waals surface area contributed by atoms with Crippen LogP contribution in [0.5, 0.6) is 0 Å². The van der Waals surface area contributed by atoms with Crippen molar-refractivity contribution in [3.8, 4) is 0 Å². The molecule has 1 aliphatic heterocycles. The number of nitrogens with one attached hydrogen (secondary N) is 2. The number of halogens is 1. The van der Waals surface area contributed by atoms with Crippen LogP contribution in [0.3, 0.4) is 0 Å². The lowest BCUT2D eigenvalue weighted by atomic mass is 10.0. The number of fused-ring (bicyclic) bond motifs is 1. The highest BCUT2D eigenvalue weighted by atomic mass is 127. The molecule has 5 heteroatoms. The maximum Gasteiger partial charge on any atom is 0.276 e. The summed E-state index contributed by atoms with van der Waals surface area (Å²) < 4.78 is 1.10. The normalized spacial score (nSPS) is 16.1. The Morgan fingerprint density at radius 3 is 2.36 bits per heavy atom. The second-order valence-electron chi connectivity index (χ2n) is 5.77. The second kappa shape index (κ2) is 6.76. The Balaban J connectivity index is 1.79. The predicted octanol–water partition coefficient (Wildman–Crippen LogP) is 4.88. The summed E-state index contributed by atoms with van der Waals surface area (Å²) in [4.78, 5) is 13.1. The Labute approximate surface area is 160 Å². The molecule has 0 spiro atoms. The zero-order valence-corrected chi connectivity index (χ0v) is 15.5. The Bertz CT molecular complexity index is 914. The number of hydrogen-bond acceptors (Lipinski definition) is 3. The van der Waals surface area contributed by atoms with Gasteiger partial charge in [-0.25, -0.2) is 5.01 Å². The first-order valence-electron chi connectivity index (χ1n) is 7.99. The first-order chi connectivity index (χ1) is 12.2. The molecule has 25 heavy (non-hydrogen) atoms. The maximum atomic E-state index is 13.1. The highest BCUT2D eigenvalue weighted by Crippen LogP contribution is 2.34. The number of amides is 1. The molecule has 0 saturated carbocycles. The van der Waals surface area contributed by atoms with E-state index in [9.17, 15) is 4.79 Å². The van der Waals surface area contributed by atoms with Gasteiger partial charge in [-0.15, -0.1) is 0 Å². The lowest BCUT2D eigenvalue weighted by Gasteiger charge is -2.38. The van der Waals surface area contributed by atoms with Gasteiger partial charge >= 0.3 is 0 Å². The van der Waals surface area contributed by atoms with Crippen molar-refractivity contribution in [1.82, 2.24) is 5.01 Å². The number of hydrazine groups is 1. The van der Waals surface area contributed by atoms with E-state index in [1.54, 1.807) is 5.01 Å². The van der Waals surface area contributed by atoms with Crippen molar-refractivity contribution < 1.29 is 4.79 Å². The standard InChI is InChI=1S/C20H16IN3O/c21-17-12-6-4-10-15(17)19-22-18-13-7-5-11-16(18)20(25)24(19)23-14-8-2-1-3-9-14/h1-13,19,22-23H. The number of rotatable bonds is 3. The Morgan fingerprint density at radius 1 is 0.880 bits per heavy atom. The quantitative estimate of drug-likeness (QED) is 0.570. The first kappa shape index (κ1) is 16.0. The molecule has 1 unspecified atom stereocenters. The van der Waals surface area contributed by atoms with E-state index < -0.39 is 0 Å². The van der Waals surface area contributed by atoms with Gasteiger partial charge < -0.3 is 5.32 Å². The van der Waals surface area contributed by atoms with E-state index in [4.69, 9.17) is 0 Å². The molecule has 3 aromatic carbocycles. The summed E-state index contributed by atoms with van der Waals surface area (Å²) in [5.41, 5.74) is 6.69. The second-order valence-corrected chi connectivity index (χ2v) is 6.93. The summed E-state index contributed by atoms with van der Waals surface area (Å²) >= 11 is 2.30. The van der Waals surface area contributed by atoms with Gasteiger partial charge in [0.15, 0.2) is 0 Å². The number of carbonyl (C=O) groups excluding carboxylic acids is 1. The van der Waals surface area contributed by atoms with Gasteiger partial charge in [-0.2, -0.15) is 0 Å². The molecule has 3 aromatic rings. The van der Waals surface area contributed by atoms with E-state index in [1.807, 2.05) is 78.9 Å². The van der Waals surface area contributed by atoms with E-state index in [-0.39, 0.29) is 12.1 Å². The minimum absolute atomic E-state index is 0.0529. The van der Waals surface area contributed by atoms with Crippen LogP contribution >= 0.6 is 22.6 Å². The van der Waals surface area contributed by atoms with E-state index in [1.165, 1.54) is 0 Å².